The van der Waals surface area contributed by atoms with Crippen molar-refractivity contribution in [1.29, 1.82) is 0 Å². The van der Waals surface area contributed by atoms with Crippen LogP contribution in [0.3, 0.4) is 0 Å². The Balaban J connectivity index is 1.55. The lowest BCUT2D eigenvalue weighted by Gasteiger charge is -2.33. The number of aliphatic hydroxyl groups is 1. The summed E-state index contributed by atoms with van der Waals surface area (Å²) >= 11 is 0. The third kappa shape index (κ3) is 6.59. The van der Waals surface area contributed by atoms with Crippen LogP contribution in [0.4, 0.5) is 22.0 Å². The Morgan fingerprint density at radius 2 is 1.95 bits per heavy atom. The van der Waals surface area contributed by atoms with Crippen LogP contribution < -0.4 is 10.6 Å². The number of halogens is 5. The zero-order valence-electron chi connectivity index (χ0n) is 20.0. The van der Waals surface area contributed by atoms with E-state index in [0.717, 1.165) is 0 Å². The molecule has 0 unspecified atom stereocenters. The lowest BCUT2D eigenvalue weighted by molar-refractivity contribution is -0.145. The summed E-state index contributed by atoms with van der Waals surface area (Å²) in [5, 5.41) is 26.3. The fraction of sp³-hybridized carbons (Fsp3) is 0.545. The van der Waals surface area contributed by atoms with Crippen molar-refractivity contribution in [3.8, 4) is 0 Å². The van der Waals surface area contributed by atoms with Crippen LogP contribution in [0.5, 0.6) is 0 Å². The summed E-state index contributed by atoms with van der Waals surface area (Å²) in [7, 11) is 0. The maximum atomic E-state index is 13.8. The van der Waals surface area contributed by atoms with Crippen molar-refractivity contribution in [3.05, 3.63) is 41.1 Å². The molecule has 38 heavy (non-hydrogen) atoms. The first-order valence-corrected chi connectivity index (χ1v) is 11.7. The van der Waals surface area contributed by atoms with Crippen molar-refractivity contribution >= 4 is 17.5 Å². The van der Waals surface area contributed by atoms with E-state index in [1.807, 2.05) is 0 Å². The second-order valence-electron chi connectivity index (χ2n) is 9.19. The van der Waals surface area contributed by atoms with E-state index in [9.17, 15) is 36.6 Å². The van der Waals surface area contributed by atoms with Crippen LogP contribution in [0.1, 0.15) is 78.2 Å². The van der Waals surface area contributed by atoms with Crippen molar-refractivity contribution in [3.63, 3.8) is 0 Å². The Morgan fingerprint density at radius 1 is 1.24 bits per heavy atom. The Morgan fingerprint density at radius 3 is 2.58 bits per heavy atom. The molecule has 206 valence electrons. The topological polar surface area (TPSA) is 148 Å². The second kappa shape index (κ2) is 10.6. The van der Waals surface area contributed by atoms with Gasteiger partial charge in [0.1, 0.15) is 5.69 Å². The Hall–Kier alpha value is -3.69. The van der Waals surface area contributed by atoms with Gasteiger partial charge in [-0.3, -0.25) is 9.59 Å². The van der Waals surface area contributed by atoms with Gasteiger partial charge in [0.25, 0.3) is 5.91 Å². The monoisotopic (exact) mass is 545 g/mol. The van der Waals surface area contributed by atoms with E-state index in [1.54, 1.807) is 0 Å². The van der Waals surface area contributed by atoms with Crippen molar-refractivity contribution < 1.29 is 41.3 Å². The average Bonchev–Trinajstić information content (AvgIpc) is 3.46. The molecule has 1 fully saturated rings. The summed E-state index contributed by atoms with van der Waals surface area (Å²) < 4.78 is 70.5. The molecule has 2 amide bonds. The molecule has 3 aromatic heterocycles. The van der Waals surface area contributed by atoms with E-state index in [4.69, 9.17) is 0 Å². The van der Waals surface area contributed by atoms with Crippen LogP contribution in [0.25, 0.3) is 5.65 Å². The number of fused-ring (bicyclic) bond motifs is 1. The van der Waals surface area contributed by atoms with E-state index < -0.39 is 49.0 Å². The number of carbonyl (C=O) groups is 2. The number of rotatable bonds is 8. The quantitative estimate of drug-likeness (QED) is 0.289. The number of hydrogen-bond acceptors (Lipinski definition) is 8. The minimum Gasteiger partial charge on any atom is -0.369 e. The smallest absolute Gasteiger partial charge is 0.369 e. The predicted octanol–water partition coefficient (Wildman–Crippen LogP) is 3.17. The van der Waals surface area contributed by atoms with E-state index in [-0.39, 0.29) is 54.2 Å². The summed E-state index contributed by atoms with van der Waals surface area (Å²) in [6, 6.07) is 0.553. The number of hydrogen-bond donors (Lipinski definition) is 3. The molecule has 4 rings (SSSR count). The first kappa shape index (κ1) is 27.3. The van der Waals surface area contributed by atoms with Crippen molar-refractivity contribution in [2.45, 2.75) is 69.8 Å². The summed E-state index contributed by atoms with van der Waals surface area (Å²) in [6.07, 6.45) is -6.17. The van der Waals surface area contributed by atoms with Gasteiger partial charge in [-0.1, -0.05) is 5.16 Å². The standard InChI is InChI=1S/C22H24F5N7O4/c1-11-17(33-38-32-11)20(37)31-18(12-2-5-21(23,24)6-3-12)14-10-34-15(29-14)8-13(9-28-34)19(36)30-16(35)4-7-22(25,26)27/h8-10,12,18-19,36H,2-7H2,1H3,(H,30,35)(H,31,37)/t18-,19+/m0/s1. The third-order valence-corrected chi connectivity index (χ3v) is 6.31. The molecule has 0 aliphatic heterocycles. The fourth-order valence-corrected chi connectivity index (χ4v) is 4.25. The van der Waals surface area contributed by atoms with E-state index in [2.05, 4.69) is 35.7 Å². The molecular formula is C22H24F5N7O4. The van der Waals surface area contributed by atoms with Crippen LogP contribution in [-0.4, -0.2) is 53.9 Å². The third-order valence-electron chi connectivity index (χ3n) is 6.31. The number of nitrogens with zero attached hydrogens (tertiary/aromatic N) is 5. The van der Waals surface area contributed by atoms with Crippen LogP contribution in [-0.2, 0) is 4.79 Å². The number of nitrogens with one attached hydrogen (secondary N) is 2. The number of alkyl halides is 5. The molecule has 1 saturated carbocycles. The lowest BCUT2D eigenvalue weighted by atomic mass is 9.81. The summed E-state index contributed by atoms with van der Waals surface area (Å²) in [5.74, 6) is -4.82. The van der Waals surface area contributed by atoms with Crippen LogP contribution in [0.15, 0.2) is 23.1 Å². The summed E-state index contributed by atoms with van der Waals surface area (Å²) in [5.41, 5.74) is 0.711. The highest BCUT2D eigenvalue weighted by molar-refractivity contribution is 5.93. The molecule has 3 heterocycles. The van der Waals surface area contributed by atoms with Gasteiger partial charge in [-0.15, -0.1) is 0 Å². The average molecular weight is 545 g/mol. The van der Waals surface area contributed by atoms with Gasteiger partial charge in [-0.05, 0) is 36.9 Å². The van der Waals surface area contributed by atoms with Gasteiger partial charge in [0.2, 0.25) is 11.8 Å². The van der Waals surface area contributed by atoms with Crippen molar-refractivity contribution in [2.75, 3.05) is 0 Å². The first-order valence-electron chi connectivity index (χ1n) is 11.7. The summed E-state index contributed by atoms with van der Waals surface area (Å²) in [4.78, 5) is 29.0. The number of imidazole rings is 1. The fourth-order valence-electron chi connectivity index (χ4n) is 4.25. The second-order valence-corrected chi connectivity index (χ2v) is 9.19. The molecule has 1 aliphatic carbocycles. The van der Waals surface area contributed by atoms with Crippen molar-refractivity contribution in [1.82, 2.24) is 35.5 Å². The van der Waals surface area contributed by atoms with Crippen LogP contribution in [0.2, 0.25) is 0 Å². The molecule has 0 spiro atoms. The number of aryl methyl sites for hydroxylation is 1. The van der Waals surface area contributed by atoms with Crippen LogP contribution >= 0.6 is 0 Å². The normalized spacial score (nSPS) is 17.8. The van der Waals surface area contributed by atoms with E-state index in [0.29, 0.717) is 5.69 Å². The Kier molecular flexibility index (Phi) is 7.62. The highest BCUT2D eigenvalue weighted by Gasteiger charge is 2.39. The van der Waals surface area contributed by atoms with Gasteiger partial charge in [0, 0.05) is 24.8 Å². The zero-order valence-corrected chi connectivity index (χ0v) is 20.0. The molecule has 3 aromatic rings. The molecule has 2 atom stereocenters. The van der Waals surface area contributed by atoms with E-state index >= 15 is 0 Å². The van der Waals surface area contributed by atoms with Gasteiger partial charge < -0.3 is 15.7 Å². The maximum Gasteiger partial charge on any atom is 0.389 e. The molecule has 3 N–H and O–H groups in total. The van der Waals surface area contributed by atoms with Crippen LogP contribution in [0, 0.1) is 12.8 Å². The molecule has 0 aromatic carbocycles. The largest absolute Gasteiger partial charge is 0.389 e. The molecule has 11 nitrogen and oxygen atoms in total. The Labute approximate surface area is 211 Å². The van der Waals surface area contributed by atoms with Gasteiger partial charge in [0.15, 0.2) is 17.6 Å². The lowest BCUT2D eigenvalue weighted by Crippen LogP contribution is -2.37. The van der Waals surface area contributed by atoms with Crippen molar-refractivity contribution in [2.24, 2.45) is 5.92 Å². The number of aromatic nitrogens is 5. The van der Waals surface area contributed by atoms with Gasteiger partial charge in [-0.2, -0.15) is 18.3 Å². The highest BCUT2D eigenvalue weighted by Crippen LogP contribution is 2.41. The predicted molar refractivity (Wildman–Crippen MR) is 118 cm³/mol. The SMILES string of the molecule is Cc1nonc1C(=O)N[C@H](c1cn2ncc([C@@H](O)NC(=O)CCC(F)(F)F)cc2n1)C1CCC(F)(F)CC1. The maximum absolute atomic E-state index is 13.8. The minimum atomic E-state index is -4.52. The Bertz CT molecular complexity index is 1300. The molecule has 16 heteroatoms. The molecule has 0 saturated heterocycles. The highest BCUT2D eigenvalue weighted by atomic mass is 19.4. The number of carbonyl (C=O) groups excluding carboxylic acids is 2. The zero-order chi connectivity index (χ0) is 27.7. The first-order chi connectivity index (χ1) is 17.8. The van der Waals surface area contributed by atoms with Gasteiger partial charge in [0.05, 0.1) is 30.6 Å². The van der Waals surface area contributed by atoms with Gasteiger partial charge >= 0.3 is 6.18 Å². The molecular weight excluding hydrogens is 521 g/mol. The number of amides is 2. The molecule has 1 aliphatic rings. The number of aliphatic hydroxyl groups excluding tert-OH is 1. The molecule has 0 radical (unpaired) electrons. The van der Waals surface area contributed by atoms with Gasteiger partial charge in [-0.25, -0.2) is 22.9 Å². The minimum absolute atomic E-state index is 0.0530. The summed E-state index contributed by atoms with van der Waals surface area (Å²) in [6.45, 7) is 1.52. The molecule has 0 bridgehead atoms. The van der Waals surface area contributed by atoms with E-state index in [1.165, 1.54) is 29.9 Å².